The molecule has 0 bridgehead atoms. The molecule has 2 unspecified atom stereocenters. The second-order valence-electron chi connectivity index (χ2n) is 5.66. The molecule has 0 radical (unpaired) electrons. The lowest BCUT2D eigenvalue weighted by molar-refractivity contribution is -0.132. The highest BCUT2D eigenvalue weighted by Gasteiger charge is 2.30. The van der Waals surface area contributed by atoms with Crippen LogP contribution in [0.5, 0.6) is 0 Å². The summed E-state index contributed by atoms with van der Waals surface area (Å²) in [4.78, 5) is 15.9. The van der Waals surface area contributed by atoms with E-state index in [9.17, 15) is 4.79 Å². The number of nitrogens with zero attached hydrogens (tertiary/aromatic N) is 1. The van der Waals surface area contributed by atoms with Crippen LogP contribution in [0, 0.1) is 5.92 Å². The Bertz CT molecular complexity index is 418. The van der Waals surface area contributed by atoms with Crippen LogP contribution in [0.4, 0.5) is 0 Å². The highest BCUT2D eigenvalue weighted by atomic mass is 35.5. The Morgan fingerprint density at radius 2 is 2.35 bits per heavy atom. The summed E-state index contributed by atoms with van der Waals surface area (Å²) < 4.78 is 0. The van der Waals surface area contributed by atoms with Gasteiger partial charge in [0.25, 0.3) is 0 Å². The maximum absolute atomic E-state index is 12.4. The lowest BCUT2D eigenvalue weighted by Crippen LogP contribution is -2.30. The zero-order valence-electron chi connectivity index (χ0n) is 11.7. The predicted molar refractivity (Wildman–Crippen MR) is 85.5 cm³/mol. The first-order valence-electron chi connectivity index (χ1n) is 7.38. The Kier molecular flexibility index (Phi) is 5.87. The molecular weight excluding hydrogens is 292 g/mol. The van der Waals surface area contributed by atoms with Gasteiger partial charge in [0, 0.05) is 17.8 Å². The van der Waals surface area contributed by atoms with Crippen LogP contribution in [0.1, 0.15) is 43.0 Å². The highest BCUT2D eigenvalue weighted by Crippen LogP contribution is 2.35. The Morgan fingerprint density at radius 1 is 1.45 bits per heavy atom. The average molecular weight is 315 g/mol. The molecule has 0 spiro atoms. The molecule has 5 heteroatoms. The van der Waals surface area contributed by atoms with Gasteiger partial charge in [0.2, 0.25) is 5.91 Å². The summed E-state index contributed by atoms with van der Waals surface area (Å²) in [6, 6.07) is 4.61. The molecule has 0 aliphatic carbocycles. The van der Waals surface area contributed by atoms with Crippen molar-refractivity contribution in [2.24, 2.45) is 5.92 Å². The third-order valence-corrected chi connectivity index (χ3v) is 5.35. The van der Waals surface area contributed by atoms with Crippen LogP contribution in [-0.2, 0) is 4.79 Å². The topological polar surface area (TPSA) is 32.3 Å². The molecule has 1 aromatic heterocycles. The van der Waals surface area contributed by atoms with Crippen molar-refractivity contribution in [1.82, 2.24) is 10.2 Å². The first-order valence-corrected chi connectivity index (χ1v) is 8.26. The van der Waals surface area contributed by atoms with Crippen LogP contribution >= 0.6 is 23.7 Å². The van der Waals surface area contributed by atoms with Gasteiger partial charge in [-0.1, -0.05) is 6.07 Å². The van der Waals surface area contributed by atoms with E-state index in [1.165, 1.54) is 11.3 Å². The maximum Gasteiger partial charge on any atom is 0.223 e. The number of hydrogen-bond acceptors (Lipinski definition) is 3. The second kappa shape index (κ2) is 7.43. The van der Waals surface area contributed by atoms with Gasteiger partial charge >= 0.3 is 0 Å². The number of carbonyl (C=O) groups excluding carboxylic acids is 1. The monoisotopic (exact) mass is 314 g/mol. The Labute approximate surface area is 131 Å². The van der Waals surface area contributed by atoms with E-state index in [1.54, 1.807) is 11.3 Å². The zero-order chi connectivity index (χ0) is 13.1. The summed E-state index contributed by atoms with van der Waals surface area (Å²) in [5.74, 6) is 1.08. The maximum atomic E-state index is 12.4. The van der Waals surface area contributed by atoms with E-state index in [0.29, 0.717) is 17.9 Å². The molecule has 1 amide bonds. The number of halogens is 1. The molecule has 2 atom stereocenters. The van der Waals surface area contributed by atoms with Crippen LogP contribution in [0.2, 0.25) is 0 Å². The SMILES string of the molecule is Cl.O=C(CCC1CCNC1)N1CCCC1c1cccs1. The summed E-state index contributed by atoms with van der Waals surface area (Å²) in [6.07, 6.45) is 5.31. The number of carbonyl (C=O) groups is 1. The summed E-state index contributed by atoms with van der Waals surface area (Å²) in [5.41, 5.74) is 0. The van der Waals surface area contributed by atoms with E-state index >= 15 is 0 Å². The van der Waals surface area contributed by atoms with Crippen LogP contribution in [0.3, 0.4) is 0 Å². The van der Waals surface area contributed by atoms with Crippen LogP contribution < -0.4 is 5.32 Å². The van der Waals surface area contributed by atoms with Gasteiger partial charge in [-0.05, 0) is 56.1 Å². The molecule has 3 rings (SSSR count). The van der Waals surface area contributed by atoms with Gasteiger partial charge < -0.3 is 10.2 Å². The van der Waals surface area contributed by atoms with Crippen molar-refractivity contribution >= 4 is 29.7 Å². The van der Waals surface area contributed by atoms with Gasteiger partial charge in [0.1, 0.15) is 0 Å². The Balaban J connectivity index is 0.00000147. The molecule has 3 nitrogen and oxygen atoms in total. The normalized spacial score (nSPS) is 25.7. The number of rotatable bonds is 4. The quantitative estimate of drug-likeness (QED) is 0.925. The molecule has 3 heterocycles. The van der Waals surface area contributed by atoms with Crippen LogP contribution in [0.15, 0.2) is 17.5 Å². The molecule has 2 aliphatic heterocycles. The van der Waals surface area contributed by atoms with Gasteiger partial charge in [-0.3, -0.25) is 4.79 Å². The molecule has 20 heavy (non-hydrogen) atoms. The van der Waals surface area contributed by atoms with Crippen molar-refractivity contribution in [3.05, 3.63) is 22.4 Å². The number of nitrogens with one attached hydrogen (secondary N) is 1. The smallest absolute Gasteiger partial charge is 0.223 e. The Hall–Kier alpha value is -0.580. The minimum Gasteiger partial charge on any atom is -0.335 e. The van der Waals surface area contributed by atoms with Crippen LogP contribution in [-0.4, -0.2) is 30.4 Å². The lowest BCUT2D eigenvalue weighted by atomic mass is 10.0. The molecule has 0 aromatic carbocycles. The van der Waals surface area contributed by atoms with Crippen molar-refractivity contribution < 1.29 is 4.79 Å². The van der Waals surface area contributed by atoms with Gasteiger partial charge in [-0.2, -0.15) is 0 Å². The average Bonchev–Trinajstić information content (AvgIpc) is 3.14. The summed E-state index contributed by atoms with van der Waals surface area (Å²) in [7, 11) is 0. The van der Waals surface area contributed by atoms with Crippen molar-refractivity contribution in [3.8, 4) is 0 Å². The summed E-state index contributed by atoms with van der Waals surface area (Å²) in [5, 5.41) is 5.49. The molecule has 0 saturated carbocycles. The minimum atomic E-state index is 0. The van der Waals surface area contributed by atoms with E-state index in [-0.39, 0.29) is 12.4 Å². The fourth-order valence-corrected chi connectivity index (χ4v) is 4.15. The van der Waals surface area contributed by atoms with Crippen molar-refractivity contribution in [2.75, 3.05) is 19.6 Å². The zero-order valence-corrected chi connectivity index (χ0v) is 13.3. The first-order chi connectivity index (χ1) is 9.34. The van der Waals surface area contributed by atoms with E-state index in [4.69, 9.17) is 0 Å². The van der Waals surface area contributed by atoms with Crippen LogP contribution in [0.25, 0.3) is 0 Å². The van der Waals surface area contributed by atoms with E-state index in [1.807, 2.05) is 0 Å². The molecule has 2 fully saturated rings. The molecular formula is C15H23ClN2OS. The fourth-order valence-electron chi connectivity index (χ4n) is 3.27. The number of likely N-dealkylation sites (tertiary alicyclic amines) is 1. The molecule has 1 aromatic rings. The standard InChI is InChI=1S/C15H22N2OS.ClH/c18-15(6-5-12-7-8-16-11-12)17-9-1-3-13(17)14-4-2-10-19-14;/h2,4,10,12-13,16H,1,3,5-9,11H2;1H. The molecule has 112 valence electrons. The van der Waals surface area contributed by atoms with Crippen molar-refractivity contribution in [2.45, 2.75) is 38.1 Å². The molecule has 2 saturated heterocycles. The largest absolute Gasteiger partial charge is 0.335 e. The van der Waals surface area contributed by atoms with Gasteiger partial charge in [0.05, 0.1) is 6.04 Å². The summed E-state index contributed by atoms with van der Waals surface area (Å²) >= 11 is 1.78. The second-order valence-corrected chi connectivity index (χ2v) is 6.64. The number of thiophene rings is 1. The summed E-state index contributed by atoms with van der Waals surface area (Å²) in [6.45, 7) is 3.17. The number of hydrogen-bond donors (Lipinski definition) is 1. The Morgan fingerprint density at radius 3 is 3.05 bits per heavy atom. The van der Waals surface area contributed by atoms with Gasteiger partial charge in [0.15, 0.2) is 0 Å². The van der Waals surface area contributed by atoms with Gasteiger partial charge in [-0.15, -0.1) is 23.7 Å². The third kappa shape index (κ3) is 3.54. The van der Waals surface area contributed by atoms with Crippen molar-refractivity contribution in [1.29, 1.82) is 0 Å². The van der Waals surface area contributed by atoms with E-state index in [0.717, 1.165) is 45.3 Å². The fraction of sp³-hybridized carbons (Fsp3) is 0.667. The minimum absolute atomic E-state index is 0. The predicted octanol–water partition coefficient (Wildman–Crippen LogP) is 3.22. The van der Waals surface area contributed by atoms with Crippen molar-refractivity contribution in [3.63, 3.8) is 0 Å². The third-order valence-electron chi connectivity index (χ3n) is 4.37. The van der Waals surface area contributed by atoms with E-state index in [2.05, 4.69) is 27.7 Å². The van der Waals surface area contributed by atoms with Gasteiger partial charge in [-0.25, -0.2) is 0 Å². The number of amides is 1. The molecule has 1 N–H and O–H groups in total. The lowest BCUT2D eigenvalue weighted by Gasteiger charge is -2.24. The first kappa shape index (κ1) is 15.8. The highest BCUT2D eigenvalue weighted by molar-refractivity contribution is 7.10. The van der Waals surface area contributed by atoms with E-state index < -0.39 is 0 Å². The molecule has 2 aliphatic rings.